The van der Waals surface area contributed by atoms with E-state index in [1.807, 2.05) is 6.07 Å². The van der Waals surface area contributed by atoms with Crippen LogP contribution < -0.4 is 10.2 Å². The van der Waals surface area contributed by atoms with Crippen LogP contribution in [-0.2, 0) is 0 Å². The number of ether oxygens (including phenoxy) is 1. The SMILES string of the molecule is COc1cc2c(=O)c3cc(Cl)cnc3ccc2cn1. The Morgan fingerprint density at radius 1 is 1.11 bits per heavy atom. The summed E-state index contributed by atoms with van der Waals surface area (Å²) in [5, 5.41) is 2.19. The minimum absolute atomic E-state index is 0.134. The molecule has 0 aliphatic carbocycles. The molecule has 0 atom stereocenters. The molecule has 0 N–H and O–H groups in total. The Morgan fingerprint density at radius 2 is 1.95 bits per heavy atom. The van der Waals surface area contributed by atoms with Crippen LogP contribution in [0.3, 0.4) is 0 Å². The molecule has 0 fully saturated rings. The summed E-state index contributed by atoms with van der Waals surface area (Å²) in [7, 11) is 1.51. The van der Waals surface area contributed by atoms with Gasteiger partial charge in [-0.1, -0.05) is 17.7 Å². The summed E-state index contributed by atoms with van der Waals surface area (Å²) in [4.78, 5) is 20.8. The van der Waals surface area contributed by atoms with Crippen molar-refractivity contribution in [3.8, 4) is 5.88 Å². The molecule has 0 unspecified atom stereocenters. The van der Waals surface area contributed by atoms with Crippen molar-refractivity contribution in [1.29, 1.82) is 0 Å². The molecule has 2 aromatic heterocycles. The van der Waals surface area contributed by atoms with Crippen LogP contribution in [0.5, 0.6) is 5.88 Å². The standard InChI is InChI=1S/C14H9ClN2O2/c1-19-13-5-10-8(6-17-13)2-3-12-11(14(10)18)4-9(15)7-16-12/h2-7H,1H3. The van der Waals surface area contributed by atoms with Crippen LogP contribution in [0.25, 0.3) is 21.7 Å². The largest absolute Gasteiger partial charge is 0.481 e. The van der Waals surface area contributed by atoms with Crippen LogP contribution in [0.1, 0.15) is 0 Å². The van der Waals surface area contributed by atoms with Crippen LogP contribution in [-0.4, -0.2) is 17.1 Å². The van der Waals surface area contributed by atoms with Gasteiger partial charge in [-0.25, -0.2) is 4.98 Å². The van der Waals surface area contributed by atoms with Gasteiger partial charge < -0.3 is 4.74 Å². The third kappa shape index (κ3) is 2.00. The summed E-state index contributed by atoms with van der Waals surface area (Å²) in [5.74, 6) is 0.402. The molecule has 0 radical (unpaired) electrons. The molecule has 3 aromatic rings. The minimum Gasteiger partial charge on any atom is -0.481 e. The van der Waals surface area contributed by atoms with Gasteiger partial charge in [0.25, 0.3) is 0 Å². The maximum Gasteiger partial charge on any atom is 0.213 e. The number of fused-ring (bicyclic) bond motifs is 2. The van der Waals surface area contributed by atoms with Crippen molar-refractivity contribution in [2.75, 3.05) is 7.11 Å². The first kappa shape index (κ1) is 11.9. The first-order valence-electron chi connectivity index (χ1n) is 5.61. The van der Waals surface area contributed by atoms with Crippen LogP contribution in [0.2, 0.25) is 5.02 Å². The summed E-state index contributed by atoms with van der Waals surface area (Å²) in [6.45, 7) is 0. The van der Waals surface area contributed by atoms with Crippen molar-refractivity contribution in [1.82, 2.24) is 9.97 Å². The van der Waals surface area contributed by atoms with Crippen molar-refractivity contribution in [2.45, 2.75) is 0 Å². The van der Waals surface area contributed by atoms with Gasteiger partial charge in [-0.05, 0) is 12.1 Å². The van der Waals surface area contributed by atoms with Gasteiger partial charge in [0, 0.05) is 34.6 Å². The van der Waals surface area contributed by atoms with Crippen molar-refractivity contribution >= 4 is 33.3 Å². The van der Waals surface area contributed by atoms with Gasteiger partial charge in [0.1, 0.15) is 0 Å². The van der Waals surface area contributed by atoms with Gasteiger partial charge in [-0.3, -0.25) is 9.78 Å². The zero-order valence-electron chi connectivity index (χ0n) is 10.1. The fourth-order valence-electron chi connectivity index (χ4n) is 1.97. The van der Waals surface area contributed by atoms with E-state index in [1.54, 1.807) is 24.4 Å². The normalized spacial score (nSPS) is 10.8. The Kier molecular flexibility index (Phi) is 2.80. The molecule has 0 aliphatic heterocycles. The first-order valence-corrected chi connectivity index (χ1v) is 5.99. The summed E-state index contributed by atoms with van der Waals surface area (Å²) in [6.07, 6.45) is 3.13. The second kappa shape index (κ2) is 4.48. The first-order chi connectivity index (χ1) is 9.19. The van der Waals surface area contributed by atoms with Crippen LogP contribution in [0.15, 0.2) is 41.5 Å². The Bertz CT molecular complexity index is 849. The smallest absolute Gasteiger partial charge is 0.213 e. The zero-order valence-corrected chi connectivity index (χ0v) is 10.8. The van der Waals surface area contributed by atoms with Crippen LogP contribution in [0, 0.1) is 0 Å². The van der Waals surface area contributed by atoms with E-state index in [-0.39, 0.29) is 5.43 Å². The molecule has 0 amide bonds. The van der Waals surface area contributed by atoms with E-state index in [0.717, 1.165) is 5.39 Å². The number of halogens is 1. The van der Waals surface area contributed by atoms with Crippen molar-refractivity contribution in [3.63, 3.8) is 0 Å². The second-order valence-corrected chi connectivity index (χ2v) is 4.50. The van der Waals surface area contributed by atoms with E-state index in [9.17, 15) is 4.79 Å². The third-order valence-corrected chi connectivity index (χ3v) is 3.12. The average molecular weight is 273 g/mol. The van der Waals surface area contributed by atoms with E-state index in [2.05, 4.69) is 9.97 Å². The van der Waals surface area contributed by atoms with Crippen LogP contribution in [0.4, 0.5) is 0 Å². The predicted molar refractivity (Wildman–Crippen MR) is 74.9 cm³/mol. The lowest BCUT2D eigenvalue weighted by atomic mass is 10.2. The van der Waals surface area contributed by atoms with Gasteiger partial charge in [0.2, 0.25) is 5.88 Å². The summed E-state index contributed by atoms with van der Waals surface area (Å²) in [5.41, 5.74) is 0.468. The number of rotatable bonds is 1. The summed E-state index contributed by atoms with van der Waals surface area (Å²) in [6, 6.07) is 6.84. The Labute approximate surface area is 113 Å². The van der Waals surface area contributed by atoms with Gasteiger partial charge in [-0.2, -0.15) is 0 Å². The molecule has 0 spiro atoms. The zero-order chi connectivity index (χ0) is 13.4. The summed E-state index contributed by atoms with van der Waals surface area (Å²) >= 11 is 5.91. The van der Waals surface area contributed by atoms with E-state index < -0.39 is 0 Å². The molecular formula is C14H9ClN2O2. The fourth-order valence-corrected chi connectivity index (χ4v) is 2.12. The van der Waals surface area contributed by atoms with Gasteiger partial charge >= 0.3 is 0 Å². The molecule has 0 bridgehead atoms. The quantitative estimate of drug-likeness (QED) is 0.683. The Balaban J connectivity index is 2.55. The van der Waals surface area contributed by atoms with Gasteiger partial charge in [0.05, 0.1) is 17.6 Å². The van der Waals surface area contributed by atoms with Gasteiger partial charge in [0.15, 0.2) is 5.43 Å². The van der Waals surface area contributed by atoms with Crippen LogP contribution >= 0.6 is 11.6 Å². The van der Waals surface area contributed by atoms with Crippen molar-refractivity contribution in [2.24, 2.45) is 0 Å². The molecule has 1 aromatic carbocycles. The number of methoxy groups -OCH3 is 1. The van der Waals surface area contributed by atoms with E-state index >= 15 is 0 Å². The number of pyridine rings is 2. The van der Waals surface area contributed by atoms with E-state index in [4.69, 9.17) is 16.3 Å². The monoisotopic (exact) mass is 272 g/mol. The lowest BCUT2D eigenvalue weighted by Gasteiger charge is -1.98. The maximum atomic E-state index is 12.5. The molecular weight excluding hydrogens is 264 g/mol. The fraction of sp³-hybridized carbons (Fsp3) is 0.0714. The van der Waals surface area contributed by atoms with E-state index in [1.165, 1.54) is 13.3 Å². The molecule has 5 heteroatoms. The lowest BCUT2D eigenvalue weighted by molar-refractivity contribution is 0.399. The average Bonchev–Trinajstić information content (AvgIpc) is 2.57. The molecule has 0 saturated carbocycles. The predicted octanol–water partition coefficient (Wildman–Crippen LogP) is 2.81. The number of aromatic nitrogens is 2. The Hall–Kier alpha value is -2.20. The number of nitrogens with zero attached hydrogens (tertiary/aromatic N) is 2. The minimum atomic E-state index is -0.134. The highest BCUT2D eigenvalue weighted by molar-refractivity contribution is 6.31. The second-order valence-electron chi connectivity index (χ2n) is 4.06. The van der Waals surface area contributed by atoms with Gasteiger partial charge in [-0.15, -0.1) is 0 Å². The molecule has 94 valence electrons. The molecule has 19 heavy (non-hydrogen) atoms. The maximum absolute atomic E-state index is 12.5. The van der Waals surface area contributed by atoms with Crippen molar-refractivity contribution in [3.05, 3.63) is 51.9 Å². The van der Waals surface area contributed by atoms with E-state index in [0.29, 0.717) is 27.2 Å². The lowest BCUT2D eigenvalue weighted by Crippen LogP contribution is -2.00. The molecule has 0 aliphatic rings. The molecule has 2 heterocycles. The van der Waals surface area contributed by atoms with Crippen molar-refractivity contribution < 1.29 is 4.74 Å². The Morgan fingerprint density at radius 3 is 2.74 bits per heavy atom. The highest BCUT2D eigenvalue weighted by Crippen LogP contribution is 2.18. The highest BCUT2D eigenvalue weighted by Gasteiger charge is 2.06. The third-order valence-electron chi connectivity index (χ3n) is 2.91. The molecule has 0 saturated heterocycles. The highest BCUT2D eigenvalue weighted by atomic mass is 35.5. The topological polar surface area (TPSA) is 52.1 Å². The number of hydrogen-bond acceptors (Lipinski definition) is 4. The number of hydrogen-bond donors (Lipinski definition) is 0. The summed E-state index contributed by atoms with van der Waals surface area (Å²) < 4.78 is 5.05. The molecule has 3 rings (SSSR count). The molecule has 4 nitrogen and oxygen atoms in total.